The molecule has 1 heterocycles. The van der Waals surface area contributed by atoms with Crippen LogP contribution in [0.1, 0.15) is 0 Å². The lowest BCUT2D eigenvalue weighted by atomic mass is 10.5. The van der Waals surface area contributed by atoms with Gasteiger partial charge in [0.1, 0.15) is 0 Å². The fourth-order valence-electron chi connectivity index (χ4n) is 0.816. The second-order valence-electron chi connectivity index (χ2n) is 2.34. The van der Waals surface area contributed by atoms with Gasteiger partial charge in [-0.2, -0.15) is 0 Å². The minimum absolute atomic E-state index is 0.0286. The maximum atomic E-state index is 11.4. The molecular weight excluding hydrogens is 269 g/mol. The molecule has 5 heteroatoms. The summed E-state index contributed by atoms with van der Waals surface area (Å²) in [6.07, 6.45) is 3.13. The molecule has 0 aliphatic rings. The number of halogens is 1. The standard InChI is InChI=1S/C7H10IN3O/c1-9-2-3-11-5-10-4-6(8)7(11)12/h4-5,9H,2-3H2,1H3. The highest BCUT2D eigenvalue weighted by molar-refractivity contribution is 14.1. The fourth-order valence-corrected chi connectivity index (χ4v) is 1.29. The van der Waals surface area contributed by atoms with E-state index in [1.165, 1.54) is 0 Å². The van der Waals surface area contributed by atoms with Crippen LogP contribution in [0.4, 0.5) is 0 Å². The summed E-state index contributed by atoms with van der Waals surface area (Å²) >= 11 is 1.99. The lowest BCUT2D eigenvalue weighted by molar-refractivity contribution is 0.613. The van der Waals surface area contributed by atoms with Gasteiger partial charge >= 0.3 is 0 Å². The van der Waals surface area contributed by atoms with E-state index in [1.807, 2.05) is 29.6 Å². The maximum absolute atomic E-state index is 11.4. The van der Waals surface area contributed by atoms with Crippen LogP contribution >= 0.6 is 22.6 Å². The normalized spacial score (nSPS) is 10.2. The highest BCUT2D eigenvalue weighted by Crippen LogP contribution is 1.92. The van der Waals surface area contributed by atoms with E-state index in [0.717, 1.165) is 6.54 Å². The second-order valence-corrected chi connectivity index (χ2v) is 3.51. The van der Waals surface area contributed by atoms with Crippen molar-refractivity contribution in [2.24, 2.45) is 0 Å². The molecule has 1 N–H and O–H groups in total. The van der Waals surface area contributed by atoms with E-state index in [1.54, 1.807) is 17.1 Å². The predicted molar refractivity (Wildman–Crippen MR) is 55.1 cm³/mol. The van der Waals surface area contributed by atoms with Crippen LogP contribution in [0.3, 0.4) is 0 Å². The largest absolute Gasteiger partial charge is 0.318 e. The van der Waals surface area contributed by atoms with Gasteiger partial charge in [-0.15, -0.1) is 0 Å². The number of hydrogen-bond donors (Lipinski definition) is 1. The molecule has 0 aliphatic heterocycles. The molecular formula is C7H10IN3O. The number of aromatic nitrogens is 2. The van der Waals surface area contributed by atoms with Gasteiger partial charge in [-0.05, 0) is 29.6 Å². The van der Waals surface area contributed by atoms with Gasteiger partial charge in [-0.3, -0.25) is 9.36 Å². The molecule has 1 aromatic rings. The fraction of sp³-hybridized carbons (Fsp3) is 0.429. The molecule has 0 unspecified atom stereocenters. The van der Waals surface area contributed by atoms with Crippen molar-refractivity contribution in [1.29, 1.82) is 0 Å². The van der Waals surface area contributed by atoms with Crippen LogP contribution in [0.25, 0.3) is 0 Å². The van der Waals surface area contributed by atoms with Gasteiger partial charge < -0.3 is 5.32 Å². The summed E-state index contributed by atoms with van der Waals surface area (Å²) in [4.78, 5) is 15.3. The van der Waals surface area contributed by atoms with Crippen molar-refractivity contribution in [2.75, 3.05) is 13.6 Å². The quantitative estimate of drug-likeness (QED) is 0.796. The second kappa shape index (κ2) is 4.56. The Bertz CT molecular complexity index is 310. The van der Waals surface area contributed by atoms with Gasteiger partial charge in [0, 0.05) is 19.3 Å². The van der Waals surface area contributed by atoms with Crippen molar-refractivity contribution >= 4 is 22.6 Å². The smallest absolute Gasteiger partial charge is 0.266 e. The monoisotopic (exact) mass is 279 g/mol. The molecule has 66 valence electrons. The lowest BCUT2D eigenvalue weighted by Gasteiger charge is -2.03. The summed E-state index contributed by atoms with van der Waals surface area (Å²) in [5.41, 5.74) is 0.0286. The average molecular weight is 279 g/mol. The van der Waals surface area contributed by atoms with Crippen molar-refractivity contribution in [3.8, 4) is 0 Å². The summed E-state index contributed by atoms with van der Waals surface area (Å²) < 4.78 is 2.25. The third kappa shape index (κ3) is 2.28. The summed E-state index contributed by atoms with van der Waals surface area (Å²) in [6.45, 7) is 1.45. The molecule has 0 aromatic carbocycles. The first-order valence-electron chi connectivity index (χ1n) is 3.60. The van der Waals surface area contributed by atoms with E-state index in [4.69, 9.17) is 0 Å². The van der Waals surface area contributed by atoms with Crippen LogP contribution in [-0.2, 0) is 6.54 Å². The van der Waals surface area contributed by atoms with E-state index in [-0.39, 0.29) is 5.56 Å². The van der Waals surface area contributed by atoms with Crippen LogP contribution in [0.15, 0.2) is 17.3 Å². The molecule has 0 atom stereocenters. The summed E-state index contributed by atoms with van der Waals surface area (Å²) in [7, 11) is 1.85. The first-order valence-corrected chi connectivity index (χ1v) is 4.68. The van der Waals surface area contributed by atoms with Gasteiger partial charge in [0.15, 0.2) is 0 Å². The zero-order chi connectivity index (χ0) is 8.97. The van der Waals surface area contributed by atoms with E-state index < -0.39 is 0 Å². The zero-order valence-corrected chi connectivity index (χ0v) is 8.91. The Morgan fingerprint density at radius 2 is 2.50 bits per heavy atom. The Balaban J connectivity index is 2.85. The molecule has 0 bridgehead atoms. The number of likely N-dealkylation sites (N-methyl/N-ethyl adjacent to an activating group) is 1. The highest BCUT2D eigenvalue weighted by atomic mass is 127. The molecule has 0 saturated carbocycles. The van der Waals surface area contributed by atoms with E-state index >= 15 is 0 Å². The topological polar surface area (TPSA) is 46.9 Å². The lowest BCUT2D eigenvalue weighted by Crippen LogP contribution is -2.26. The molecule has 1 rings (SSSR count). The van der Waals surface area contributed by atoms with Crippen LogP contribution in [0, 0.1) is 3.57 Å². The Hall–Kier alpha value is -0.430. The van der Waals surface area contributed by atoms with Crippen molar-refractivity contribution in [1.82, 2.24) is 14.9 Å². The first kappa shape index (κ1) is 9.66. The van der Waals surface area contributed by atoms with Gasteiger partial charge in [0.25, 0.3) is 5.56 Å². The van der Waals surface area contributed by atoms with Gasteiger partial charge in [0.05, 0.1) is 9.90 Å². The van der Waals surface area contributed by atoms with E-state index in [2.05, 4.69) is 10.3 Å². The molecule has 12 heavy (non-hydrogen) atoms. The molecule has 0 saturated heterocycles. The van der Waals surface area contributed by atoms with Crippen LogP contribution < -0.4 is 10.9 Å². The number of nitrogens with one attached hydrogen (secondary N) is 1. The Labute approximate surface area is 84.1 Å². The third-order valence-electron chi connectivity index (χ3n) is 1.46. The van der Waals surface area contributed by atoms with Gasteiger partial charge in [-0.1, -0.05) is 0 Å². The minimum Gasteiger partial charge on any atom is -0.318 e. The van der Waals surface area contributed by atoms with Crippen molar-refractivity contribution < 1.29 is 0 Å². The summed E-state index contributed by atoms with van der Waals surface area (Å²) in [5.74, 6) is 0. The van der Waals surface area contributed by atoms with Gasteiger partial charge in [-0.25, -0.2) is 4.98 Å². The maximum Gasteiger partial charge on any atom is 0.266 e. The highest BCUT2D eigenvalue weighted by Gasteiger charge is 1.98. The Kier molecular flexibility index (Phi) is 3.67. The average Bonchev–Trinajstić information content (AvgIpc) is 2.08. The molecule has 0 radical (unpaired) electrons. The van der Waals surface area contributed by atoms with Gasteiger partial charge in [0.2, 0.25) is 0 Å². The number of hydrogen-bond acceptors (Lipinski definition) is 3. The molecule has 0 amide bonds. The SMILES string of the molecule is CNCCn1cncc(I)c1=O. The number of rotatable bonds is 3. The van der Waals surface area contributed by atoms with E-state index in [9.17, 15) is 4.79 Å². The Morgan fingerprint density at radius 3 is 3.17 bits per heavy atom. The van der Waals surface area contributed by atoms with Crippen molar-refractivity contribution in [3.63, 3.8) is 0 Å². The molecule has 0 spiro atoms. The van der Waals surface area contributed by atoms with Crippen LogP contribution in [0.2, 0.25) is 0 Å². The summed E-state index contributed by atoms with van der Waals surface area (Å²) in [6, 6.07) is 0. The van der Waals surface area contributed by atoms with Crippen LogP contribution in [0.5, 0.6) is 0 Å². The predicted octanol–water partition coefficient (Wildman–Crippen LogP) is 0.0673. The molecule has 4 nitrogen and oxygen atoms in total. The summed E-state index contributed by atoms with van der Waals surface area (Å²) in [5, 5.41) is 2.97. The van der Waals surface area contributed by atoms with Crippen molar-refractivity contribution in [3.05, 3.63) is 26.4 Å². The molecule has 1 aromatic heterocycles. The molecule has 0 fully saturated rings. The number of nitrogens with zero attached hydrogens (tertiary/aromatic N) is 2. The van der Waals surface area contributed by atoms with E-state index in [0.29, 0.717) is 10.1 Å². The molecule has 0 aliphatic carbocycles. The van der Waals surface area contributed by atoms with Crippen molar-refractivity contribution in [2.45, 2.75) is 6.54 Å². The first-order chi connectivity index (χ1) is 5.75. The minimum atomic E-state index is 0.0286. The van der Waals surface area contributed by atoms with Crippen LogP contribution in [-0.4, -0.2) is 23.1 Å². The third-order valence-corrected chi connectivity index (χ3v) is 2.20. The zero-order valence-electron chi connectivity index (χ0n) is 6.75. The Morgan fingerprint density at radius 1 is 1.75 bits per heavy atom.